The van der Waals surface area contributed by atoms with Crippen molar-refractivity contribution in [1.29, 1.82) is 0 Å². The zero-order valence-electron chi connectivity index (χ0n) is 15.1. The van der Waals surface area contributed by atoms with Gasteiger partial charge in [0, 0.05) is 37.6 Å². The van der Waals surface area contributed by atoms with Gasteiger partial charge in [-0.05, 0) is 19.1 Å². The highest BCUT2D eigenvalue weighted by Gasteiger charge is 2.29. The molecule has 1 aliphatic heterocycles. The molecular weight excluding hydrogens is 527 g/mol. The number of rotatable bonds is 7. The molecule has 6 nitrogen and oxygen atoms in total. The van der Waals surface area contributed by atoms with E-state index in [-0.39, 0.29) is 24.0 Å². The molecule has 0 bridgehead atoms. The van der Waals surface area contributed by atoms with Gasteiger partial charge in [-0.25, -0.2) is 0 Å². The molecule has 0 unspecified atom stereocenters. The fourth-order valence-electron chi connectivity index (χ4n) is 2.47. The van der Waals surface area contributed by atoms with E-state index in [1.807, 2.05) is 6.92 Å². The zero-order chi connectivity index (χ0) is 19.0. The van der Waals surface area contributed by atoms with Gasteiger partial charge in [-0.15, -0.1) is 24.0 Å². The third kappa shape index (κ3) is 8.37. The summed E-state index contributed by atoms with van der Waals surface area (Å²) >= 11 is 18.1. The van der Waals surface area contributed by atoms with E-state index >= 15 is 0 Å². The van der Waals surface area contributed by atoms with E-state index in [2.05, 4.69) is 15.6 Å². The van der Waals surface area contributed by atoms with Crippen LogP contribution in [0.25, 0.3) is 0 Å². The number of hydrogen-bond donors (Lipinski definition) is 3. The summed E-state index contributed by atoms with van der Waals surface area (Å²) in [7, 11) is 0. The molecule has 0 aliphatic carbocycles. The van der Waals surface area contributed by atoms with Gasteiger partial charge in [0.2, 0.25) is 0 Å². The average molecular weight is 553 g/mol. The van der Waals surface area contributed by atoms with Crippen molar-refractivity contribution in [3.63, 3.8) is 0 Å². The smallest absolute Gasteiger partial charge is 0.191 e. The quantitative estimate of drug-likeness (QED) is 0.208. The highest BCUT2D eigenvalue weighted by atomic mass is 127. The molecule has 1 fully saturated rings. The number of nitrogens with one attached hydrogen (secondary N) is 2. The van der Waals surface area contributed by atoms with E-state index in [9.17, 15) is 5.11 Å². The molecule has 0 aromatic heterocycles. The largest absolute Gasteiger partial charge is 0.489 e. The summed E-state index contributed by atoms with van der Waals surface area (Å²) in [5, 5.41) is 18.0. The zero-order valence-corrected chi connectivity index (χ0v) is 19.7. The first-order valence-corrected chi connectivity index (χ1v) is 9.66. The molecule has 1 aliphatic rings. The molecule has 0 atom stereocenters. The lowest BCUT2D eigenvalue weighted by molar-refractivity contribution is -0.0565. The Morgan fingerprint density at radius 2 is 1.85 bits per heavy atom. The van der Waals surface area contributed by atoms with Crippen molar-refractivity contribution in [1.82, 2.24) is 10.6 Å². The Morgan fingerprint density at radius 3 is 2.44 bits per heavy atom. The molecule has 0 amide bonds. The second kappa shape index (κ2) is 12.4. The minimum atomic E-state index is -0.804. The van der Waals surface area contributed by atoms with Gasteiger partial charge in [0.1, 0.15) is 6.61 Å². The molecule has 1 aromatic rings. The fraction of sp³-hybridized carbons (Fsp3) is 0.588. The lowest BCUT2D eigenvalue weighted by atomic mass is 9.95. The van der Waals surface area contributed by atoms with Crippen molar-refractivity contribution in [3.8, 4) is 5.75 Å². The molecule has 2 rings (SSSR count). The van der Waals surface area contributed by atoms with Crippen molar-refractivity contribution in [3.05, 3.63) is 27.2 Å². The Morgan fingerprint density at radius 1 is 1.22 bits per heavy atom. The Bertz CT molecular complexity index is 606. The van der Waals surface area contributed by atoms with Crippen LogP contribution in [0.4, 0.5) is 0 Å². The maximum Gasteiger partial charge on any atom is 0.191 e. The Kier molecular flexibility index (Phi) is 11.4. The summed E-state index contributed by atoms with van der Waals surface area (Å²) in [6.45, 7) is 4.96. The minimum Gasteiger partial charge on any atom is -0.489 e. The van der Waals surface area contributed by atoms with Crippen LogP contribution in [0.3, 0.4) is 0 Å². The van der Waals surface area contributed by atoms with Crippen molar-refractivity contribution >= 4 is 64.7 Å². The van der Waals surface area contributed by atoms with E-state index < -0.39 is 5.60 Å². The van der Waals surface area contributed by atoms with Crippen LogP contribution in [0, 0.1) is 0 Å². The summed E-state index contributed by atoms with van der Waals surface area (Å²) in [5.41, 5.74) is -0.804. The van der Waals surface area contributed by atoms with E-state index in [1.165, 1.54) is 0 Å². The number of halogens is 4. The van der Waals surface area contributed by atoms with Gasteiger partial charge in [0.25, 0.3) is 0 Å². The van der Waals surface area contributed by atoms with Gasteiger partial charge in [-0.1, -0.05) is 34.8 Å². The monoisotopic (exact) mass is 551 g/mol. The summed E-state index contributed by atoms with van der Waals surface area (Å²) in [6.07, 6.45) is 1.18. The van der Waals surface area contributed by atoms with Crippen LogP contribution in [0.15, 0.2) is 17.1 Å². The molecule has 3 N–H and O–H groups in total. The highest BCUT2D eigenvalue weighted by molar-refractivity contribution is 14.0. The predicted molar refractivity (Wildman–Crippen MR) is 121 cm³/mol. The summed E-state index contributed by atoms with van der Waals surface area (Å²) in [6, 6.07) is 3.16. The second-order valence-corrected chi connectivity index (χ2v) is 7.26. The third-order valence-corrected chi connectivity index (χ3v) is 4.68. The highest BCUT2D eigenvalue weighted by Crippen LogP contribution is 2.35. The first-order valence-electron chi connectivity index (χ1n) is 8.53. The lowest BCUT2D eigenvalue weighted by Gasteiger charge is -2.30. The predicted octanol–water partition coefficient (Wildman–Crippen LogP) is 3.74. The van der Waals surface area contributed by atoms with Crippen LogP contribution in [-0.4, -0.2) is 56.1 Å². The van der Waals surface area contributed by atoms with Crippen LogP contribution in [0.2, 0.25) is 15.1 Å². The normalized spacial score (nSPS) is 16.4. The van der Waals surface area contributed by atoms with Crippen molar-refractivity contribution < 1.29 is 14.6 Å². The number of benzene rings is 1. The maximum absolute atomic E-state index is 10.5. The van der Waals surface area contributed by atoms with Crippen LogP contribution < -0.4 is 15.4 Å². The molecule has 10 heteroatoms. The SMILES string of the molecule is CCNC(=NCC1(O)CCOCC1)NCCOc1c(Cl)cc(Cl)cc1Cl.I. The van der Waals surface area contributed by atoms with Crippen molar-refractivity contribution in [2.45, 2.75) is 25.4 Å². The van der Waals surface area contributed by atoms with Crippen LogP contribution in [-0.2, 0) is 4.74 Å². The minimum absolute atomic E-state index is 0. The standard InChI is InChI=1S/C17H24Cl3N3O3.HI/c1-2-21-16(23-11-17(24)3-6-25-7-4-17)22-5-8-26-15-13(19)9-12(18)10-14(15)20;/h9-10,24H,2-8,11H2,1H3,(H2,21,22,23);1H. The van der Waals surface area contributed by atoms with Gasteiger partial charge < -0.3 is 25.2 Å². The Hall–Kier alpha value is -0.190. The van der Waals surface area contributed by atoms with E-state index in [4.69, 9.17) is 44.3 Å². The number of aliphatic hydroxyl groups is 1. The Balaban J connectivity index is 0.00000364. The van der Waals surface area contributed by atoms with Crippen LogP contribution >= 0.6 is 58.8 Å². The van der Waals surface area contributed by atoms with Crippen LogP contribution in [0.1, 0.15) is 19.8 Å². The van der Waals surface area contributed by atoms with Crippen molar-refractivity contribution in [2.75, 3.05) is 39.5 Å². The van der Waals surface area contributed by atoms with E-state index in [1.54, 1.807) is 12.1 Å². The molecule has 1 saturated heterocycles. The van der Waals surface area contributed by atoms with Gasteiger partial charge in [-0.3, -0.25) is 4.99 Å². The topological polar surface area (TPSA) is 75.1 Å². The first kappa shape index (κ1) is 24.8. The van der Waals surface area contributed by atoms with Gasteiger partial charge in [0.15, 0.2) is 11.7 Å². The Labute approximate surface area is 192 Å². The fourth-order valence-corrected chi connectivity index (χ4v) is 3.39. The summed E-state index contributed by atoms with van der Waals surface area (Å²) in [4.78, 5) is 4.46. The summed E-state index contributed by atoms with van der Waals surface area (Å²) < 4.78 is 10.9. The molecule has 27 heavy (non-hydrogen) atoms. The van der Waals surface area contributed by atoms with Crippen molar-refractivity contribution in [2.24, 2.45) is 4.99 Å². The first-order chi connectivity index (χ1) is 12.4. The number of hydrogen-bond acceptors (Lipinski definition) is 4. The third-order valence-electron chi connectivity index (χ3n) is 3.90. The molecule has 1 aromatic carbocycles. The number of nitrogens with zero attached hydrogens (tertiary/aromatic N) is 1. The molecule has 0 spiro atoms. The number of guanidine groups is 1. The molecule has 0 radical (unpaired) electrons. The lowest BCUT2D eigenvalue weighted by Crippen LogP contribution is -2.43. The molecular formula is C17H25Cl3IN3O3. The number of aliphatic imine (C=N–C) groups is 1. The maximum atomic E-state index is 10.5. The average Bonchev–Trinajstić information content (AvgIpc) is 2.58. The molecule has 1 heterocycles. The summed E-state index contributed by atoms with van der Waals surface area (Å²) in [5.74, 6) is 1.02. The second-order valence-electron chi connectivity index (χ2n) is 6.01. The van der Waals surface area contributed by atoms with Gasteiger partial charge in [0.05, 0.1) is 28.7 Å². The number of ether oxygens (including phenoxy) is 2. The molecule has 154 valence electrons. The van der Waals surface area contributed by atoms with Gasteiger partial charge in [-0.2, -0.15) is 0 Å². The van der Waals surface area contributed by atoms with E-state index in [0.29, 0.717) is 79.1 Å². The van der Waals surface area contributed by atoms with Crippen LogP contribution in [0.5, 0.6) is 5.75 Å². The van der Waals surface area contributed by atoms with E-state index in [0.717, 1.165) is 0 Å². The molecule has 0 saturated carbocycles. The van der Waals surface area contributed by atoms with Gasteiger partial charge >= 0.3 is 0 Å².